The molecule has 12 heteroatoms. The number of oxime groups is 1. The van der Waals surface area contributed by atoms with Crippen LogP contribution in [-0.2, 0) is 9.63 Å². The van der Waals surface area contributed by atoms with E-state index in [0.717, 1.165) is 24.2 Å². The fourth-order valence-corrected chi connectivity index (χ4v) is 5.20. The van der Waals surface area contributed by atoms with Crippen LogP contribution in [0.15, 0.2) is 29.4 Å². The maximum absolute atomic E-state index is 14.2. The predicted octanol–water partition coefficient (Wildman–Crippen LogP) is 5.13. The topological polar surface area (TPSA) is 107 Å². The minimum Gasteiger partial charge on any atom is -0.382 e. The van der Waals surface area contributed by atoms with Gasteiger partial charge in [-0.15, -0.1) is 11.3 Å². The Labute approximate surface area is 199 Å². The first-order valence-electron chi connectivity index (χ1n) is 10.3. The Kier molecular flexibility index (Phi) is 5.68. The molecule has 2 amide bonds. The number of carbonyl (C=O) groups excluding carboxylic acids is 2. The number of hydrogen-bond donors (Lipinski definition) is 2. The van der Waals surface area contributed by atoms with E-state index in [1.54, 1.807) is 0 Å². The minimum absolute atomic E-state index is 0.0135. The van der Waals surface area contributed by atoms with Crippen LogP contribution >= 0.6 is 22.9 Å². The molecule has 34 heavy (non-hydrogen) atoms. The molecular formula is C22H16ClF3N4O3S. The fraction of sp³-hybridized carbons (Fsp3) is 0.273. The third-order valence-electron chi connectivity index (χ3n) is 5.64. The average Bonchev–Trinajstić information content (AvgIpc) is 3.40. The number of anilines is 1. The zero-order valence-electron chi connectivity index (χ0n) is 17.3. The lowest BCUT2D eigenvalue weighted by molar-refractivity contribution is -0.125. The number of aromatic nitrogens is 1. The number of hydrogen-bond acceptors (Lipinski definition) is 6. The van der Waals surface area contributed by atoms with Crippen molar-refractivity contribution < 1.29 is 27.6 Å². The molecule has 1 saturated carbocycles. The molecule has 1 aliphatic heterocycles. The lowest BCUT2D eigenvalue weighted by atomic mass is 10.0. The van der Waals surface area contributed by atoms with Crippen LogP contribution in [0.3, 0.4) is 0 Å². The summed E-state index contributed by atoms with van der Waals surface area (Å²) in [6, 6.07) is 5.46. The molecule has 176 valence electrons. The number of primary amides is 1. The van der Waals surface area contributed by atoms with E-state index in [0.29, 0.717) is 10.9 Å². The van der Waals surface area contributed by atoms with Crippen molar-refractivity contribution in [2.24, 2.45) is 10.9 Å². The molecule has 2 aromatic heterocycles. The van der Waals surface area contributed by atoms with Crippen LogP contribution in [0.1, 0.15) is 58.1 Å². The fourth-order valence-electron chi connectivity index (χ4n) is 3.91. The predicted molar refractivity (Wildman–Crippen MR) is 121 cm³/mol. The van der Waals surface area contributed by atoms with Crippen molar-refractivity contribution in [1.82, 2.24) is 4.98 Å². The summed E-state index contributed by atoms with van der Waals surface area (Å²) in [5, 5.41) is 7.00. The number of thiophene rings is 1. The van der Waals surface area contributed by atoms with Crippen LogP contribution in [-0.4, -0.2) is 28.6 Å². The first-order chi connectivity index (χ1) is 16.2. The maximum Gasteiger partial charge on any atom is 0.280 e. The van der Waals surface area contributed by atoms with Gasteiger partial charge in [0.05, 0.1) is 22.0 Å². The highest BCUT2D eigenvalue weighted by atomic mass is 35.5. The van der Waals surface area contributed by atoms with Crippen molar-refractivity contribution in [3.63, 3.8) is 0 Å². The molecule has 1 atom stereocenters. The third-order valence-corrected chi connectivity index (χ3v) is 7.05. The number of carbonyl (C=O) groups is 2. The number of amides is 2. The molecule has 1 aliphatic carbocycles. The number of pyridine rings is 1. The van der Waals surface area contributed by atoms with E-state index in [4.69, 9.17) is 22.2 Å². The summed E-state index contributed by atoms with van der Waals surface area (Å²) in [6.45, 7) is 0. The van der Waals surface area contributed by atoms with Crippen LogP contribution in [0.25, 0.3) is 10.2 Å². The molecule has 5 rings (SSSR count). The first kappa shape index (κ1) is 22.6. The standard InChI is InChI=1S/C22H16ClF3N4O3S/c23-10-2-1-3-11(24)16(10)12-7-14(33-30-12)21(32)29-17-15-9(8-4-5-8)6-13(19(25)26)28-22(15)34-18(17)20(27)31/h1-3,6,8,14,19H,4-5,7H2,(H2,27,31)(H,29,32). The highest BCUT2D eigenvalue weighted by molar-refractivity contribution is 7.21. The monoisotopic (exact) mass is 508 g/mol. The Bertz CT molecular complexity index is 1350. The number of rotatable bonds is 6. The molecule has 0 spiro atoms. The molecule has 0 bridgehead atoms. The normalized spacial score (nSPS) is 17.7. The van der Waals surface area contributed by atoms with Crippen molar-refractivity contribution in [3.05, 3.63) is 56.8 Å². The van der Waals surface area contributed by atoms with Crippen molar-refractivity contribution in [3.8, 4) is 0 Å². The Morgan fingerprint density at radius 1 is 1.29 bits per heavy atom. The number of nitrogens with zero attached hydrogens (tertiary/aromatic N) is 2. The SMILES string of the molecule is NC(=O)c1sc2nc(C(F)F)cc(C3CC3)c2c1NC(=O)C1CC(c2c(F)cccc2Cl)=NO1. The van der Waals surface area contributed by atoms with Gasteiger partial charge >= 0.3 is 0 Å². The van der Waals surface area contributed by atoms with E-state index < -0.39 is 35.9 Å². The number of benzene rings is 1. The van der Waals surface area contributed by atoms with E-state index in [2.05, 4.69) is 15.5 Å². The zero-order valence-corrected chi connectivity index (χ0v) is 18.9. The summed E-state index contributed by atoms with van der Waals surface area (Å²) in [5.41, 5.74) is 6.01. The van der Waals surface area contributed by atoms with Gasteiger partial charge in [-0.05, 0) is 42.5 Å². The number of nitrogens with two attached hydrogens (primary N) is 1. The van der Waals surface area contributed by atoms with Crippen molar-refractivity contribution in [2.75, 3.05) is 5.32 Å². The zero-order chi connectivity index (χ0) is 24.1. The Morgan fingerprint density at radius 2 is 2.06 bits per heavy atom. The van der Waals surface area contributed by atoms with E-state index in [-0.39, 0.29) is 44.0 Å². The molecule has 0 saturated heterocycles. The second-order valence-corrected chi connectivity index (χ2v) is 9.39. The van der Waals surface area contributed by atoms with Crippen LogP contribution in [0.5, 0.6) is 0 Å². The average molecular weight is 509 g/mol. The van der Waals surface area contributed by atoms with Gasteiger partial charge in [-0.3, -0.25) is 9.59 Å². The largest absolute Gasteiger partial charge is 0.382 e. The van der Waals surface area contributed by atoms with Crippen molar-refractivity contribution in [1.29, 1.82) is 0 Å². The molecule has 3 N–H and O–H groups in total. The van der Waals surface area contributed by atoms with Crippen LogP contribution in [0.2, 0.25) is 5.02 Å². The van der Waals surface area contributed by atoms with Crippen LogP contribution in [0.4, 0.5) is 18.9 Å². The van der Waals surface area contributed by atoms with Gasteiger partial charge in [0, 0.05) is 11.8 Å². The summed E-state index contributed by atoms with van der Waals surface area (Å²) in [4.78, 5) is 34.5. The molecular weight excluding hydrogens is 493 g/mol. The van der Waals surface area contributed by atoms with Gasteiger partial charge in [-0.2, -0.15) is 0 Å². The van der Waals surface area contributed by atoms with Crippen molar-refractivity contribution in [2.45, 2.75) is 37.7 Å². The Hall–Kier alpha value is -3.18. The Balaban J connectivity index is 1.47. The van der Waals surface area contributed by atoms with Crippen LogP contribution in [0, 0.1) is 5.82 Å². The van der Waals surface area contributed by atoms with Gasteiger partial charge in [0.15, 0.2) is 0 Å². The number of alkyl halides is 2. The van der Waals surface area contributed by atoms with E-state index in [1.165, 1.54) is 24.3 Å². The Morgan fingerprint density at radius 3 is 2.71 bits per heavy atom. The highest BCUT2D eigenvalue weighted by Gasteiger charge is 2.35. The van der Waals surface area contributed by atoms with E-state index in [9.17, 15) is 22.8 Å². The molecule has 3 heterocycles. The van der Waals surface area contributed by atoms with Gasteiger partial charge in [-0.1, -0.05) is 22.8 Å². The molecule has 2 aliphatic rings. The number of halogens is 4. The van der Waals surface area contributed by atoms with E-state index in [1.807, 2.05) is 0 Å². The third kappa shape index (κ3) is 3.98. The van der Waals surface area contributed by atoms with Gasteiger partial charge in [0.2, 0.25) is 6.10 Å². The smallest absolute Gasteiger partial charge is 0.280 e. The van der Waals surface area contributed by atoms with E-state index >= 15 is 0 Å². The minimum atomic E-state index is -2.79. The summed E-state index contributed by atoms with van der Waals surface area (Å²) >= 11 is 6.91. The van der Waals surface area contributed by atoms with Crippen molar-refractivity contribution >= 4 is 56.4 Å². The highest BCUT2D eigenvalue weighted by Crippen LogP contribution is 2.48. The van der Waals surface area contributed by atoms with Crippen LogP contribution < -0.4 is 11.1 Å². The first-order valence-corrected chi connectivity index (χ1v) is 11.5. The summed E-state index contributed by atoms with van der Waals surface area (Å²) < 4.78 is 41.0. The molecule has 3 aromatic rings. The summed E-state index contributed by atoms with van der Waals surface area (Å²) in [7, 11) is 0. The lowest BCUT2D eigenvalue weighted by Crippen LogP contribution is -2.29. The van der Waals surface area contributed by atoms with Gasteiger partial charge in [-0.25, -0.2) is 18.2 Å². The lowest BCUT2D eigenvalue weighted by Gasteiger charge is -2.12. The second-order valence-electron chi connectivity index (χ2n) is 7.98. The molecule has 1 fully saturated rings. The number of nitrogens with one attached hydrogen (secondary N) is 1. The molecule has 1 aromatic carbocycles. The van der Waals surface area contributed by atoms with Gasteiger partial charge in [0.25, 0.3) is 18.2 Å². The quantitative estimate of drug-likeness (QED) is 0.481. The summed E-state index contributed by atoms with van der Waals surface area (Å²) in [5.74, 6) is -2.07. The second kappa shape index (κ2) is 8.55. The maximum atomic E-state index is 14.2. The van der Waals surface area contributed by atoms with Gasteiger partial charge in [0.1, 0.15) is 21.2 Å². The number of fused-ring (bicyclic) bond motifs is 1. The molecule has 0 radical (unpaired) electrons. The van der Waals surface area contributed by atoms with Gasteiger partial charge < -0.3 is 15.9 Å². The summed E-state index contributed by atoms with van der Waals surface area (Å²) in [6.07, 6.45) is -2.39. The molecule has 7 nitrogen and oxygen atoms in total. The molecule has 1 unspecified atom stereocenters.